The second kappa shape index (κ2) is 6.44. The zero-order valence-electron chi connectivity index (χ0n) is 8.30. The van der Waals surface area contributed by atoms with E-state index in [0.29, 0.717) is 11.7 Å². The van der Waals surface area contributed by atoms with Gasteiger partial charge in [-0.3, -0.25) is 10.1 Å². The van der Waals surface area contributed by atoms with Crippen LogP contribution in [0.3, 0.4) is 0 Å². The third-order valence-corrected chi connectivity index (χ3v) is 2.28. The zero-order chi connectivity index (χ0) is 11.1. The first kappa shape index (κ1) is 12.0. The van der Waals surface area contributed by atoms with E-state index in [1.165, 1.54) is 6.92 Å². The summed E-state index contributed by atoms with van der Waals surface area (Å²) in [6.45, 7) is 1.65. The minimum Gasteiger partial charge on any atom is -0.483 e. The van der Waals surface area contributed by atoms with E-state index in [-0.39, 0.29) is 11.7 Å². The molecule has 0 aliphatic heterocycles. The molecule has 0 heterocycles. The van der Waals surface area contributed by atoms with Crippen LogP contribution in [0, 0.1) is 0 Å². The summed E-state index contributed by atoms with van der Waals surface area (Å²) in [5, 5.41) is 8.25. The van der Waals surface area contributed by atoms with Gasteiger partial charge in [-0.25, -0.2) is 4.89 Å². The van der Waals surface area contributed by atoms with E-state index in [1.54, 1.807) is 24.3 Å². The number of thioether (sulfide) groups is 1. The molecular formula is C10H12O4S. The summed E-state index contributed by atoms with van der Waals surface area (Å²) >= 11 is 1.11. The number of ether oxygens (including phenoxy) is 1. The Labute approximate surface area is 92.1 Å². The van der Waals surface area contributed by atoms with E-state index in [2.05, 4.69) is 4.89 Å². The van der Waals surface area contributed by atoms with Gasteiger partial charge in [0, 0.05) is 6.92 Å². The minimum absolute atomic E-state index is 0.0281. The molecule has 0 atom stereocenters. The van der Waals surface area contributed by atoms with E-state index >= 15 is 0 Å². The molecule has 0 amide bonds. The Kier molecular flexibility index (Phi) is 5.17. The molecule has 15 heavy (non-hydrogen) atoms. The fraction of sp³-hybridized carbons (Fsp3) is 0.300. The van der Waals surface area contributed by atoms with Gasteiger partial charge >= 0.3 is 0 Å². The zero-order valence-corrected chi connectivity index (χ0v) is 9.12. The Balaban J connectivity index is 2.39. The van der Waals surface area contributed by atoms with Crippen molar-refractivity contribution in [1.29, 1.82) is 0 Å². The molecule has 0 saturated heterocycles. The number of rotatable bonds is 5. The van der Waals surface area contributed by atoms with Gasteiger partial charge in [-0.1, -0.05) is 12.1 Å². The standard InChI is InChI=1S/C10H12O4S/c1-8(11)15-7-13-10-4-2-9(3-5-10)6-14-12/h2-5,12H,6-7H2,1H3. The summed E-state index contributed by atoms with van der Waals surface area (Å²) in [6, 6.07) is 7.08. The third-order valence-electron chi connectivity index (χ3n) is 1.64. The van der Waals surface area contributed by atoms with Gasteiger partial charge in [-0.2, -0.15) is 0 Å². The van der Waals surface area contributed by atoms with Crippen LogP contribution < -0.4 is 4.74 Å². The summed E-state index contributed by atoms with van der Waals surface area (Å²) in [6.07, 6.45) is 0. The van der Waals surface area contributed by atoms with Crippen molar-refractivity contribution in [1.82, 2.24) is 0 Å². The van der Waals surface area contributed by atoms with Gasteiger partial charge in [0.1, 0.15) is 18.3 Å². The molecule has 0 radical (unpaired) electrons. The maximum Gasteiger partial charge on any atom is 0.189 e. The molecule has 1 aromatic rings. The van der Waals surface area contributed by atoms with Crippen LogP contribution in [0.15, 0.2) is 24.3 Å². The molecule has 0 saturated carbocycles. The third kappa shape index (κ3) is 4.83. The molecular weight excluding hydrogens is 216 g/mol. The SMILES string of the molecule is CC(=O)SCOc1ccc(COO)cc1. The van der Waals surface area contributed by atoms with Crippen molar-refractivity contribution in [3.8, 4) is 5.75 Å². The van der Waals surface area contributed by atoms with Gasteiger partial charge in [0.25, 0.3) is 0 Å². The molecule has 4 nitrogen and oxygen atoms in total. The Morgan fingerprint density at radius 3 is 2.60 bits per heavy atom. The van der Waals surface area contributed by atoms with E-state index in [9.17, 15) is 4.79 Å². The van der Waals surface area contributed by atoms with E-state index in [0.717, 1.165) is 17.3 Å². The average molecular weight is 228 g/mol. The second-order valence-electron chi connectivity index (χ2n) is 2.82. The highest BCUT2D eigenvalue weighted by molar-refractivity contribution is 8.13. The summed E-state index contributed by atoms with van der Waals surface area (Å²) in [5.74, 6) is 0.996. The molecule has 82 valence electrons. The fourth-order valence-electron chi connectivity index (χ4n) is 0.937. The number of carbonyl (C=O) groups excluding carboxylic acids is 1. The fourth-order valence-corrected chi connectivity index (χ4v) is 1.30. The molecule has 0 fully saturated rings. The summed E-state index contributed by atoms with van der Waals surface area (Å²) in [7, 11) is 0. The van der Waals surface area contributed by atoms with E-state index in [4.69, 9.17) is 9.99 Å². The lowest BCUT2D eigenvalue weighted by Gasteiger charge is -2.04. The summed E-state index contributed by atoms with van der Waals surface area (Å²) in [4.78, 5) is 14.6. The molecule has 0 aliphatic carbocycles. The highest BCUT2D eigenvalue weighted by atomic mass is 32.2. The average Bonchev–Trinajstić information content (AvgIpc) is 2.20. The maximum atomic E-state index is 10.6. The molecule has 0 bridgehead atoms. The van der Waals surface area contributed by atoms with Gasteiger partial charge in [-0.05, 0) is 29.5 Å². The Morgan fingerprint density at radius 1 is 1.40 bits per heavy atom. The Morgan fingerprint density at radius 2 is 2.07 bits per heavy atom. The number of benzene rings is 1. The summed E-state index contributed by atoms with van der Waals surface area (Å²) < 4.78 is 5.29. The van der Waals surface area contributed by atoms with E-state index in [1.807, 2.05) is 0 Å². The van der Waals surface area contributed by atoms with Crippen molar-refractivity contribution in [2.24, 2.45) is 0 Å². The lowest BCUT2D eigenvalue weighted by molar-refractivity contribution is -0.253. The number of hydrogen-bond acceptors (Lipinski definition) is 5. The summed E-state index contributed by atoms with van der Waals surface area (Å²) in [5.41, 5.74) is 0.851. The topological polar surface area (TPSA) is 55.8 Å². The van der Waals surface area contributed by atoms with Crippen molar-refractivity contribution < 1.29 is 19.7 Å². The molecule has 0 unspecified atom stereocenters. The van der Waals surface area contributed by atoms with Crippen molar-refractivity contribution in [3.63, 3.8) is 0 Å². The van der Waals surface area contributed by atoms with Gasteiger partial charge in [0.2, 0.25) is 0 Å². The lowest BCUT2D eigenvalue weighted by atomic mass is 10.2. The molecule has 0 aliphatic rings. The first-order chi connectivity index (χ1) is 7.22. The highest BCUT2D eigenvalue weighted by Crippen LogP contribution is 2.14. The van der Waals surface area contributed by atoms with Gasteiger partial charge in [0.15, 0.2) is 5.12 Å². The van der Waals surface area contributed by atoms with Crippen LogP contribution in [-0.2, 0) is 16.3 Å². The highest BCUT2D eigenvalue weighted by Gasteiger charge is 1.97. The molecule has 1 N–H and O–H groups in total. The van der Waals surface area contributed by atoms with Crippen molar-refractivity contribution in [2.45, 2.75) is 13.5 Å². The van der Waals surface area contributed by atoms with Crippen LogP contribution in [0.5, 0.6) is 5.75 Å². The van der Waals surface area contributed by atoms with Gasteiger partial charge in [0.05, 0.1) is 0 Å². The number of hydrogen-bond donors (Lipinski definition) is 1. The van der Waals surface area contributed by atoms with Crippen LogP contribution >= 0.6 is 11.8 Å². The van der Waals surface area contributed by atoms with Crippen molar-refractivity contribution in [3.05, 3.63) is 29.8 Å². The Hall–Kier alpha value is -1.04. The van der Waals surface area contributed by atoms with Crippen LogP contribution in [0.1, 0.15) is 12.5 Å². The molecule has 1 rings (SSSR count). The predicted molar refractivity (Wildman–Crippen MR) is 57.6 cm³/mol. The lowest BCUT2D eigenvalue weighted by Crippen LogP contribution is -1.96. The van der Waals surface area contributed by atoms with E-state index < -0.39 is 0 Å². The first-order valence-electron chi connectivity index (χ1n) is 4.34. The molecule has 0 spiro atoms. The van der Waals surface area contributed by atoms with Crippen molar-refractivity contribution in [2.75, 3.05) is 5.94 Å². The van der Waals surface area contributed by atoms with Crippen LogP contribution in [0.4, 0.5) is 0 Å². The quantitative estimate of drug-likeness (QED) is 0.476. The molecule has 1 aromatic carbocycles. The molecule has 0 aromatic heterocycles. The number of carbonyl (C=O) groups is 1. The first-order valence-corrected chi connectivity index (χ1v) is 5.32. The van der Waals surface area contributed by atoms with Gasteiger partial charge < -0.3 is 4.74 Å². The monoisotopic (exact) mass is 228 g/mol. The Bertz CT molecular complexity index is 310. The van der Waals surface area contributed by atoms with Crippen molar-refractivity contribution >= 4 is 16.9 Å². The largest absolute Gasteiger partial charge is 0.483 e. The molecule has 5 heteroatoms. The van der Waals surface area contributed by atoms with Crippen LogP contribution in [-0.4, -0.2) is 16.3 Å². The van der Waals surface area contributed by atoms with Crippen LogP contribution in [0.2, 0.25) is 0 Å². The smallest absolute Gasteiger partial charge is 0.189 e. The maximum absolute atomic E-state index is 10.6. The van der Waals surface area contributed by atoms with Gasteiger partial charge in [-0.15, -0.1) is 0 Å². The normalized spacial score (nSPS) is 10.0. The second-order valence-corrected chi connectivity index (χ2v) is 3.91. The van der Waals surface area contributed by atoms with Crippen LogP contribution in [0.25, 0.3) is 0 Å². The predicted octanol–water partition coefficient (Wildman–Crippen LogP) is 2.29. The minimum atomic E-state index is 0.0281.